The zero-order valence-corrected chi connectivity index (χ0v) is 21.1. The van der Waals surface area contributed by atoms with Crippen LogP contribution in [-0.2, 0) is 6.54 Å². The summed E-state index contributed by atoms with van der Waals surface area (Å²) in [4.78, 5) is 15.7. The molecule has 5 rings (SSSR count). The van der Waals surface area contributed by atoms with Crippen LogP contribution in [0.5, 0.6) is 28.7 Å². The number of aryl methyl sites for hydroxylation is 1. The first-order valence-corrected chi connectivity index (χ1v) is 11.8. The largest absolute Gasteiger partial charge is 0.493 e. The summed E-state index contributed by atoms with van der Waals surface area (Å²) < 4.78 is 28.8. The predicted octanol–water partition coefficient (Wildman–Crippen LogP) is 5.55. The van der Waals surface area contributed by atoms with Gasteiger partial charge < -0.3 is 23.7 Å². The smallest absolute Gasteiger partial charge is 0.232 e. The number of hydrogen-bond donors (Lipinski definition) is 0. The summed E-state index contributed by atoms with van der Waals surface area (Å²) in [5.41, 5.74) is 4.11. The molecule has 0 aromatic heterocycles. The van der Waals surface area contributed by atoms with Gasteiger partial charge in [-0.05, 0) is 49.2 Å². The van der Waals surface area contributed by atoms with Crippen LogP contribution in [0, 0.1) is 6.92 Å². The Morgan fingerprint density at radius 3 is 2.44 bits per heavy atom. The van der Waals surface area contributed by atoms with E-state index in [0.717, 1.165) is 16.9 Å². The normalized spacial score (nSPS) is 16.6. The van der Waals surface area contributed by atoms with E-state index >= 15 is 0 Å². The number of ketones is 1. The summed E-state index contributed by atoms with van der Waals surface area (Å²) in [5, 5.41) is 0. The van der Waals surface area contributed by atoms with Crippen LogP contribution >= 0.6 is 0 Å². The third-order valence-electron chi connectivity index (χ3n) is 6.80. The summed E-state index contributed by atoms with van der Waals surface area (Å²) in [6.07, 6.45) is 1.68. The van der Waals surface area contributed by atoms with Crippen molar-refractivity contribution in [2.45, 2.75) is 26.4 Å². The van der Waals surface area contributed by atoms with Crippen LogP contribution in [0.2, 0.25) is 0 Å². The molecule has 0 radical (unpaired) electrons. The highest BCUT2D eigenvalue weighted by atomic mass is 16.5. The number of ether oxygens (including phenoxy) is 5. The van der Waals surface area contributed by atoms with Crippen molar-refractivity contribution >= 4 is 11.9 Å². The van der Waals surface area contributed by atoms with Crippen LogP contribution in [-0.4, -0.2) is 38.7 Å². The van der Waals surface area contributed by atoms with Gasteiger partial charge in [0.1, 0.15) is 18.2 Å². The lowest BCUT2D eigenvalue weighted by atomic mass is 9.97. The number of fused-ring (bicyclic) bond motifs is 3. The molecule has 0 N–H and O–H groups in total. The second kappa shape index (κ2) is 9.59. The molecule has 2 heterocycles. The lowest BCUT2D eigenvalue weighted by Crippen LogP contribution is -2.34. The lowest BCUT2D eigenvalue weighted by molar-refractivity contribution is 0.0605. The summed E-state index contributed by atoms with van der Waals surface area (Å²) in [6, 6.07) is 15.9. The predicted molar refractivity (Wildman–Crippen MR) is 136 cm³/mol. The van der Waals surface area contributed by atoms with Gasteiger partial charge in [0.25, 0.3) is 0 Å². The van der Waals surface area contributed by atoms with E-state index in [1.54, 1.807) is 33.5 Å². The third-order valence-corrected chi connectivity index (χ3v) is 6.80. The highest BCUT2D eigenvalue weighted by molar-refractivity contribution is 6.16. The Morgan fingerprint density at radius 1 is 1.00 bits per heavy atom. The van der Waals surface area contributed by atoms with Gasteiger partial charge in [0.2, 0.25) is 11.5 Å². The first-order chi connectivity index (χ1) is 17.5. The lowest BCUT2D eigenvalue weighted by Gasteiger charge is -2.34. The van der Waals surface area contributed by atoms with E-state index in [9.17, 15) is 4.79 Å². The Kier molecular flexibility index (Phi) is 6.33. The minimum Gasteiger partial charge on any atom is -0.493 e. The second-order valence-electron chi connectivity index (χ2n) is 8.84. The van der Waals surface area contributed by atoms with Crippen molar-refractivity contribution in [3.63, 3.8) is 0 Å². The monoisotopic (exact) mass is 487 g/mol. The van der Waals surface area contributed by atoms with Crippen LogP contribution in [0.1, 0.15) is 45.6 Å². The Hall–Kier alpha value is -3.97. The van der Waals surface area contributed by atoms with E-state index in [1.165, 1.54) is 5.56 Å². The average molecular weight is 488 g/mol. The summed E-state index contributed by atoms with van der Waals surface area (Å²) in [7, 11) is 4.65. The zero-order chi connectivity index (χ0) is 25.4. The van der Waals surface area contributed by atoms with Crippen molar-refractivity contribution in [3.05, 3.63) is 82.1 Å². The molecule has 0 amide bonds. The Labute approximate surface area is 210 Å². The fraction of sp³-hybridized carbons (Fsp3) is 0.276. The molecule has 2 aliphatic rings. The van der Waals surface area contributed by atoms with E-state index in [2.05, 4.69) is 24.0 Å². The number of hydrogen-bond acceptors (Lipinski definition) is 7. The molecule has 36 heavy (non-hydrogen) atoms. The Balaban J connectivity index is 1.51. The standard InChI is InChI=1S/C29H29NO6/c1-17-13-23-21(15-30(16-35-23)18(2)19-9-7-6-8-10-19)28-25(17)26(31)24(36-28)14-20-11-12-22(32-3)29(34-5)27(20)33-4/h6-14,18H,15-16H2,1-5H3/b24-14-. The van der Waals surface area contributed by atoms with Crippen LogP contribution < -0.4 is 23.7 Å². The molecule has 0 fully saturated rings. The quantitative estimate of drug-likeness (QED) is 0.422. The van der Waals surface area contributed by atoms with Gasteiger partial charge in [0, 0.05) is 18.2 Å². The molecule has 7 nitrogen and oxygen atoms in total. The first-order valence-electron chi connectivity index (χ1n) is 11.8. The maximum atomic E-state index is 13.5. The highest BCUT2D eigenvalue weighted by Crippen LogP contribution is 2.46. The van der Waals surface area contributed by atoms with Gasteiger partial charge in [0.05, 0.1) is 32.5 Å². The van der Waals surface area contributed by atoms with Gasteiger partial charge in [-0.2, -0.15) is 0 Å². The minimum absolute atomic E-state index is 0.138. The van der Waals surface area contributed by atoms with Gasteiger partial charge in [-0.3, -0.25) is 9.69 Å². The number of carbonyl (C=O) groups is 1. The summed E-state index contributed by atoms with van der Waals surface area (Å²) in [5.74, 6) is 2.81. The number of nitrogens with zero attached hydrogens (tertiary/aromatic N) is 1. The van der Waals surface area contributed by atoms with E-state index in [0.29, 0.717) is 47.4 Å². The molecular weight excluding hydrogens is 458 g/mol. The molecule has 0 saturated heterocycles. The van der Waals surface area contributed by atoms with E-state index in [-0.39, 0.29) is 17.6 Å². The van der Waals surface area contributed by atoms with Crippen LogP contribution in [0.4, 0.5) is 0 Å². The molecule has 1 unspecified atom stereocenters. The Morgan fingerprint density at radius 2 is 1.75 bits per heavy atom. The SMILES string of the molecule is COc1ccc(/C=C2\Oc3c4c(cc(C)c3C2=O)OCN(C(C)c2ccccc2)C4)c(OC)c1OC. The van der Waals surface area contributed by atoms with Gasteiger partial charge in [-0.25, -0.2) is 0 Å². The minimum atomic E-state index is -0.171. The third kappa shape index (κ3) is 3.95. The van der Waals surface area contributed by atoms with Crippen molar-refractivity contribution in [2.75, 3.05) is 28.1 Å². The molecule has 2 aliphatic heterocycles. The maximum absolute atomic E-state index is 13.5. The zero-order valence-electron chi connectivity index (χ0n) is 21.1. The molecule has 186 valence electrons. The number of methoxy groups -OCH3 is 3. The number of Topliss-reactive ketones (excluding diaryl/α,β-unsaturated/α-hetero) is 1. The number of rotatable bonds is 6. The molecular formula is C29H29NO6. The molecule has 0 spiro atoms. The van der Waals surface area contributed by atoms with Crippen molar-refractivity contribution in [2.24, 2.45) is 0 Å². The fourth-order valence-electron chi connectivity index (χ4n) is 4.82. The fourth-order valence-corrected chi connectivity index (χ4v) is 4.82. The van der Waals surface area contributed by atoms with E-state index in [4.69, 9.17) is 23.7 Å². The number of benzene rings is 3. The van der Waals surface area contributed by atoms with Crippen LogP contribution in [0.3, 0.4) is 0 Å². The molecule has 3 aromatic rings. The summed E-state index contributed by atoms with van der Waals surface area (Å²) in [6.45, 7) is 5.12. The van der Waals surface area contributed by atoms with Gasteiger partial charge in [-0.1, -0.05) is 30.3 Å². The maximum Gasteiger partial charge on any atom is 0.232 e. The molecule has 3 aromatic carbocycles. The second-order valence-corrected chi connectivity index (χ2v) is 8.84. The Bertz CT molecular complexity index is 1350. The first kappa shape index (κ1) is 23.8. The number of carbonyl (C=O) groups excluding carboxylic acids is 1. The number of allylic oxidation sites excluding steroid dienone is 1. The van der Waals surface area contributed by atoms with Crippen molar-refractivity contribution in [1.82, 2.24) is 4.90 Å². The topological polar surface area (TPSA) is 66.5 Å². The molecule has 0 saturated carbocycles. The van der Waals surface area contributed by atoms with Crippen molar-refractivity contribution in [3.8, 4) is 28.7 Å². The molecule has 7 heteroatoms. The molecule has 0 aliphatic carbocycles. The van der Waals surface area contributed by atoms with Crippen LogP contribution in [0.25, 0.3) is 6.08 Å². The van der Waals surface area contributed by atoms with Gasteiger partial charge in [0.15, 0.2) is 17.3 Å². The van der Waals surface area contributed by atoms with Crippen molar-refractivity contribution < 1.29 is 28.5 Å². The molecule has 0 bridgehead atoms. The molecule has 1 atom stereocenters. The van der Waals surface area contributed by atoms with Crippen molar-refractivity contribution in [1.29, 1.82) is 0 Å². The van der Waals surface area contributed by atoms with Gasteiger partial charge in [-0.15, -0.1) is 0 Å². The highest BCUT2D eigenvalue weighted by Gasteiger charge is 2.36. The summed E-state index contributed by atoms with van der Waals surface area (Å²) >= 11 is 0. The average Bonchev–Trinajstić information content (AvgIpc) is 3.24. The van der Waals surface area contributed by atoms with Gasteiger partial charge >= 0.3 is 0 Å². The van der Waals surface area contributed by atoms with Crippen LogP contribution in [0.15, 0.2) is 54.3 Å². The van der Waals surface area contributed by atoms with E-state index in [1.807, 2.05) is 37.3 Å². The van der Waals surface area contributed by atoms with E-state index < -0.39 is 0 Å².